The van der Waals surface area contributed by atoms with Crippen LogP contribution in [0.2, 0.25) is 0 Å². The molecule has 4 heteroatoms. The molecule has 2 N–H and O–H groups in total. The maximum absolute atomic E-state index is 13.1. The molecule has 0 spiro atoms. The number of hydrogen-bond donors (Lipinski definition) is 2. The summed E-state index contributed by atoms with van der Waals surface area (Å²) < 4.78 is 26.1. The summed E-state index contributed by atoms with van der Waals surface area (Å²) in [5, 5.41) is 13.1. The predicted molar refractivity (Wildman–Crippen MR) is 83.6 cm³/mol. The van der Waals surface area contributed by atoms with Gasteiger partial charge in [-0.3, -0.25) is 0 Å². The zero-order valence-electron chi connectivity index (χ0n) is 12.7. The van der Waals surface area contributed by atoms with E-state index in [4.69, 9.17) is 0 Å². The number of aliphatic hydroxyl groups is 1. The highest BCUT2D eigenvalue weighted by Gasteiger charge is 2.06. The van der Waals surface area contributed by atoms with E-state index < -0.39 is 17.7 Å². The van der Waals surface area contributed by atoms with Gasteiger partial charge in [0.15, 0.2) is 0 Å². The van der Waals surface area contributed by atoms with Crippen LogP contribution in [-0.4, -0.2) is 17.8 Å². The Kier molecular flexibility index (Phi) is 6.04. The van der Waals surface area contributed by atoms with Crippen LogP contribution in [-0.2, 0) is 13.0 Å². The second-order valence-corrected chi connectivity index (χ2v) is 5.59. The van der Waals surface area contributed by atoms with Crippen LogP contribution in [0.15, 0.2) is 42.5 Å². The molecule has 2 nitrogen and oxygen atoms in total. The van der Waals surface area contributed by atoms with Crippen LogP contribution in [0, 0.1) is 18.6 Å². The number of aliphatic hydroxyl groups excluding tert-OH is 1. The molecule has 0 aromatic heterocycles. The van der Waals surface area contributed by atoms with Gasteiger partial charge in [0, 0.05) is 19.2 Å². The van der Waals surface area contributed by atoms with Crippen molar-refractivity contribution in [1.29, 1.82) is 0 Å². The molecule has 0 aliphatic rings. The molecule has 0 fully saturated rings. The number of benzene rings is 2. The molecule has 1 atom stereocenters. The van der Waals surface area contributed by atoms with E-state index in [-0.39, 0.29) is 0 Å². The molecule has 2 aromatic carbocycles. The van der Waals surface area contributed by atoms with E-state index in [0.29, 0.717) is 31.5 Å². The van der Waals surface area contributed by atoms with Gasteiger partial charge in [0.25, 0.3) is 0 Å². The quantitative estimate of drug-likeness (QED) is 0.822. The van der Waals surface area contributed by atoms with E-state index in [9.17, 15) is 13.9 Å². The highest BCUT2D eigenvalue weighted by molar-refractivity contribution is 5.22. The normalized spacial score (nSPS) is 12.4. The molecule has 2 rings (SSSR count). The van der Waals surface area contributed by atoms with Crippen molar-refractivity contribution < 1.29 is 13.9 Å². The highest BCUT2D eigenvalue weighted by Crippen LogP contribution is 2.11. The van der Waals surface area contributed by atoms with Gasteiger partial charge in [-0.1, -0.05) is 29.8 Å². The Morgan fingerprint density at radius 3 is 2.45 bits per heavy atom. The number of aryl methyl sites for hydroxylation is 2. The van der Waals surface area contributed by atoms with Crippen molar-refractivity contribution in [2.75, 3.05) is 6.54 Å². The van der Waals surface area contributed by atoms with Gasteiger partial charge in [0.05, 0.1) is 6.10 Å². The van der Waals surface area contributed by atoms with Gasteiger partial charge in [-0.25, -0.2) is 8.78 Å². The lowest BCUT2D eigenvalue weighted by molar-refractivity contribution is 0.161. The van der Waals surface area contributed by atoms with Crippen LogP contribution in [0.1, 0.15) is 23.1 Å². The Morgan fingerprint density at radius 2 is 1.77 bits per heavy atom. The molecule has 0 aliphatic carbocycles. The van der Waals surface area contributed by atoms with Gasteiger partial charge >= 0.3 is 0 Å². The van der Waals surface area contributed by atoms with Crippen molar-refractivity contribution in [3.05, 3.63) is 70.8 Å². The van der Waals surface area contributed by atoms with E-state index in [0.717, 1.165) is 6.07 Å². The van der Waals surface area contributed by atoms with E-state index in [1.165, 1.54) is 23.3 Å². The number of rotatable bonds is 7. The minimum Gasteiger partial charge on any atom is -0.392 e. The zero-order valence-corrected chi connectivity index (χ0v) is 12.7. The highest BCUT2D eigenvalue weighted by atomic mass is 19.1. The van der Waals surface area contributed by atoms with Gasteiger partial charge in [-0.05, 0) is 43.0 Å². The second kappa shape index (κ2) is 8.01. The van der Waals surface area contributed by atoms with Crippen molar-refractivity contribution in [2.24, 2.45) is 0 Å². The molecule has 0 amide bonds. The molecule has 118 valence electrons. The smallest absolute Gasteiger partial charge is 0.126 e. The van der Waals surface area contributed by atoms with E-state index >= 15 is 0 Å². The first-order valence-corrected chi connectivity index (χ1v) is 7.42. The molecule has 0 radical (unpaired) electrons. The molecule has 0 saturated heterocycles. The molecule has 0 heterocycles. The first-order valence-electron chi connectivity index (χ1n) is 7.42. The Balaban J connectivity index is 1.72. The summed E-state index contributed by atoms with van der Waals surface area (Å²) >= 11 is 0. The van der Waals surface area contributed by atoms with Crippen LogP contribution in [0.25, 0.3) is 0 Å². The third-order valence-electron chi connectivity index (χ3n) is 3.48. The lowest BCUT2D eigenvalue weighted by atomic mass is 10.1. The van der Waals surface area contributed by atoms with Gasteiger partial charge in [0.2, 0.25) is 0 Å². The molecule has 0 saturated carbocycles. The van der Waals surface area contributed by atoms with Gasteiger partial charge in [-0.15, -0.1) is 0 Å². The van der Waals surface area contributed by atoms with Crippen molar-refractivity contribution in [3.63, 3.8) is 0 Å². The number of hydrogen-bond acceptors (Lipinski definition) is 2. The third kappa shape index (κ3) is 5.54. The summed E-state index contributed by atoms with van der Waals surface area (Å²) in [7, 11) is 0. The zero-order chi connectivity index (χ0) is 15.9. The van der Waals surface area contributed by atoms with Gasteiger partial charge in [-0.2, -0.15) is 0 Å². The minimum absolute atomic E-state index is 0.446. The lowest BCUT2D eigenvalue weighted by Crippen LogP contribution is -2.26. The SMILES string of the molecule is Cc1cccc(CNCC(O)CCc2cc(F)cc(F)c2)c1. The van der Waals surface area contributed by atoms with E-state index in [2.05, 4.69) is 11.4 Å². The third-order valence-corrected chi connectivity index (χ3v) is 3.48. The van der Waals surface area contributed by atoms with Gasteiger partial charge in [0.1, 0.15) is 11.6 Å². The second-order valence-electron chi connectivity index (χ2n) is 5.59. The summed E-state index contributed by atoms with van der Waals surface area (Å²) in [6.45, 7) is 3.18. The summed E-state index contributed by atoms with van der Waals surface area (Å²) in [5.41, 5.74) is 2.93. The molecule has 2 aromatic rings. The van der Waals surface area contributed by atoms with E-state index in [1.807, 2.05) is 25.1 Å². The predicted octanol–water partition coefficient (Wildman–Crippen LogP) is 3.36. The standard InChI is InChI=1S/C18H21F2NO/c1-13-3-2-4-15(7-13)11-21-12-18(22)6-5-14-8-16(19)10-17(20)9-14/h2-4,7-10,18,21-22H,5-6,11-12H2,1H3. The largest absolute Gasteiger partial charge is 0.392 e. The van der Waals surface area contributed by atoms with Crippen LogP contribution in [0.4, 0.5) is 8.78 Å². The van der Waals surface area contributed by atoms with Crippen molar-refractivity contribution in [1.82, 2.24) is 5.32 Å². The molecule has 0 bridgehead atoms. The fraction of sp³-hybridized carbons (Fsp3) is 0.333. The summed E-state index contributed by atoms with van der Waals surface area (Å²) in [5.74, 6) is -1.16. The molecule has 22 heavy (non-hydrogen) atoms. The Morgan fingerprint density at radius 1 is 1.05 bits per heavy atom. The average molecular weight is 305 g/mol. The number of halogens is 2. The van der Waals surface area contributed by atoms with Crippen molar-refractivity contribution >= 4 is 0 Å². The summed E-state index contributed by atoms with van der Waals surface area (Å²) in [6.07, 6.45) is 0.363. The van der Waals surface area contributed by atoms with Crippen LogP contribution < -0.4 is 5.32 Å². The Hall–Kier alpha value is -1.78. The summed E-state index contributed by atoms with van der Waals surface area (Å²) in [6, 6.07) is 11.6. The topological polar surface area (TPSA) is 32.3 Å². The molecular formula is C18H21F2NO. The van der Waals surface area contributed by atoms with E-state index in [1.54, 1.807) is 0 Å². The monoisotopic (exact) mass is 305 g/mol. The van der Waals surface area contributed by atoms with Gasteiger partial charge < -0.3 is 10.4 Å². The maximum Gasteiger partial charge on any atom is 0.126 e. The average Bonchev–Trinajstić information content (AvgIpc) is 2.44. The molecule has 0 aliphatic heterocycles. The molecular weight excluding hydrogens is 284 g/mol. The van der Waals surface area contributed by atoms with Crippen LogP contribution in [0.5, 0.6) is 0 Å². The Labute approximate surface area is 129 Å². The summed E-state index contributed by atoms with van der Waals surface area (Å²) in [4.78, 5) is 0. The first-order chi connectivity index (χ1) is 10.5. The Bertz CT molecular complexity index is 596. The fourth-order valence-electron chi connectivity index (χ4n) is 2.40. The number of nitrogens with one attached hydrogen (secondary N) is 1. The first kappa shape index (κ1) is 16.6. The maximum atomic E-state index is 13.1. The molecule has 1 unspecified atom stereocenters. The van der Waals surface area contributed by atoms with Crippen LogP contribution in [0.3, 0.4) is 0 Å². The fourth-order valence-corrected chi connectivity index (χ4v) is 2.40. The van der Waals surface area contributed by atoms with Crippen LogP contribution >= 0.6 is 0 Å². The lowest BCUT2D eigenvalue weighted by Gasteiger charge is -2.12. The minimum atomic E-state index is -0.581. The van der Waals surface area contributed by atoms with Crippen molar-refractivity contribution in [2.45, 2.75) is 32.4 Å². The van der Waals surface area contributed by atoms with Crippen molar-refractivity contribution in [3.8, 4) is 0 Å².